The van der Waals surface area contributed by atoms with Gasteiger partial charge in [0.25, 0.3) is 0 Å². The summed E-state index contributed by atoms with van der Waals surface area (Å²) in [5.74, 6) is 1.57. The number of nitrogens with zero attached hydrogens (tertiary/aromatic N) is 6. The predicted octanol–water partition coefficient (Wildman–Crippen LogP) is 13.7. The number of nitriles is 1. The lowest BCUT2D eigenvalue weighted by Gasteiger charge is -2.36. The van der Waals surface area contributed by atoms with E-state index in [1.807, 2.05) is 91.1 Å². The van der Waals surface area contributed by atoms with E-state index in [0.29, 0.717) is 35.5 Å². The number of hydrogen-bond acceptors (Lipinski definition) is 7. The van der Waals surface area contributed by atoms with Crippen LogP contribution in [-0.2, 0) is 25.7 Å². The number of aliphatic imine (C=N–C) groups is 1. The molecule has 0 atom stereocenters. The molecular formula is C56H52N6O3Si2. The largest absolute Gasteiger partial charge is 0.485 e. The van der Waals surface area contributed by atoms with Gasteiger partial charge in [-0.25, -0.2) is 9.69 Å². The number of fused-ring (bicyclic) bond motifs is 4. The fourth-order valence-corrected chi connectivity index (χ4v) is 9.88. The van der Waals surface area contributed by atoms with Gasteiger partial charge in [-0.1, -0.05) is 97.1 Å². The fraction of sp³-hybridized carbons (Fsp3) is 0.250. The Labute approximate surface area is 396 Å². The molecule has 6 aromatic rings. The van der Waals surface area contributed by atoms with Gasteiger partial charge in [-0.3, -0.25) is 14.1 Å². The molecular weight excluding hydrogens is 861 g/mol. The monoisotopic (exact) mass is 912 g/mol. The van der Waals surface area contributed by atoms with E-state index >= 15 is 0 Å². The van der Waals surface area contributed by atoms with Crippen LogP contribution in [0.4, 0.5) is 11.4 Å². The Morgan fingerprint density at radius 3 is 1.39 bits per heavy atom. The molecule has 0 fully saturated rings. The maximum Gasteiger partial charge on any atom is 0.205 e. The Bertz CT molecular complexity index is 3070. The topological polar surface area (TPSA) is 105 Å². The molecule has 10 rings (SSSR count). The fourth-order valence-electron chi connectivity index (χ4n) is 9.08. The maximum absolute atomic E-state index is 13.0. The molecule has 2 heterocycles. The van der Waals surface area contributed by atoms with Crippen LogP contribution in [0.1, 0.15) is 51.0 Å². The summed E-state index contributed by atoms with van der Waals surface area (Å²) in [6, 6.07) is 46.3. The molecule has 11 heteroatoms. The first-order chi connectivity index (χ1) is 32.1. The molecule has 0 bridgehead atoms. The van der Waals surface area contributed by atoms with E-state index in [-0.39, 0.29) is 11.4 Å². The first kappa shape index (κ1) is 46.1. The quantitative estimate of drug-likeness (QED) is 0.0760. The minimum atomic E-state index is -1.31. The van der Waals surface area contributed by atoms with Crippen molar-refractivity contribution in [3.63, 3.8) is 0 Å². The van der Waals surface area contributed by atoms with Crippen LogP contribution in [0.25, 0.3) is 31.9 Å². The molecule has 2 aliphatic carbocycles. The van der Waals surface area contributed by atoms with Crippen molar-refractivity contribution < 1.29 is 14.3 Å². The van der Waals surface area contributed by atoms with Crippen LogP contribution in [0.2, 0.25) is 39.3 Å². The molecule has 0 aromatic heterocycles. The van der Waals surface area contributed by atoms with E-state index in [1.165, 1.54) is 22.3 Å². The van der Waals surface area contributed by atoms with Gasteiger partial charge in [0.1, 0.15) is 22.7 Å². The molecule has 4 aliphatic rings. The van der Waals surface area contributed by atoms with Gasteiger partial charge in [0.2, 0.25) is 6.19 Å². The van der Waals surface area contributed by atoms with Gasteiger partial charge in [-0.05, 0) is 120 Å². The second kappa shape index (κ2) is 18.8. The number of Topliss-reactive ketones (excluding diaryl/α,β-unsaturated/α-hetero) is 1. The summed E-state index contributed by atoms with van der Waals surface area (Å²) in [5, 5.41) is 9.29. The number of rotatable bonds is 4. The third-order valence-electron chi connectivity index (χ3n) is 12.1. The van der Waals surface area contributed by atoms with Crippen molar-refractivity contribution in [1.29, 1.82) is 5.26 Å². The van der Waals surface area contributed by atoms with Gasteiger partial charge in [-0.15, -0.1) is 0 Å². The zero-order chi connectivity index (χ0) is 47.4. The van der Waals surface area contributed by atoms with Crippen LogP contribution >= 0.6 is 0 Å². The third kappa shape index (κ3) is 10.8. The number of benzene rings is 6. The highest BCUT2D eigenvalue weighted by atomic mass is 28.3. The highest BCUT2D eigenvalue weighted by molar-refractivity contribution is 6.76. The lowest BCUT2D eigenvalue weighted by atomic mass is 9.86. The van der Waals surface area contributed by atoms with E-state index < -0.39 is 22.1 Å². The second-order valence-corrected chi connectivity index (χ2v) is 28.8. The minimum Gasteiger partial charge on any atom is -0.485 e. The van der Waals surface area contributed by atoms with Crippen molar-refractivity contribution in [2.24, 2.45) is 14.3 Å². The molecule has 67 heavy (non-hydrogen) atoms. The van der Waals surface area contributed by atoms with Crippen LogP contribution in [-0.4, -0.2) is 45.2 Å². The van der Waals surface area contributed by atoms with Crippen LogP contribution in [0.15, 0.2) is 148 Å². The minimum absolute atomic E-state index is 0.132. The van der Waals surface area contributed by atoms with Gasteiger partial charge in [-0.2, -0.15) is 10.3 Å². The van der Waals surface area contributed by atoms with Crippen molar-refractivity contribution >= 4 is 45.3 Å². The molecule has 6 aromatic carbocycles. The Hall–Kier alpha value is -7.46. The van der Waals surface area contributed by atoms with E-state index in [0.717, 1.165) is 65.0 Å². The van der Waals surface area contributed by atoms with E-state index in [1.54, 1.807) is 12.1 Å². The van der Waals surface area contributed by atoms with Crippen LogP contribution in [0.5, 0.6) is 11.5 Å². The van der Waals surface area contributed by atoms with Crippen molar-refractivity contribution in [2.75, 3.05) is 0 Å². The first-order valence-electron chi connectivity index (χ1n) is 22.5. The van der Waals surface area contributed by atoms with Crippen molar-refractivity contribution in [1.82, 2.24) is 0 Å². The summed E-state index contributed by atoms with van der Waals surface area (Å²) in [6.45, 7) is 27.5. The van der Waals surface area contributed by atoms with Crippen LogP contribution in [0.3, 0.4) is 0 Å². The summed E-state index contributed by atoms with van der Waals surface area (Å²) in [7, 11) is -2.63. The predicted molar refractivity (Wildman–Crippen MR) is 273 cm³/mol. The van der Waals surface area contributed by atoms with E-state index in [9.17, 15) is 10.1 Å². The molecule has 0 saturated carbocycles. The van der Waals surface area contributed by atoms with Crippen molar-refractivity contribution in [3.05, 3.63) is 190 Å². The molecule has 0 saturated heterocycles. The van der Waals surface area contributed by atoms with Gasteiger partial charge in [0.15, 0.2) is 33.6 Å². The van der Waals surface area contributed by atoms with E-state index in [4.69, 9.17) is 22.6 Å². The Balaban J connectivity index is 0.000000150. The number of ether oxygens (including phenoxy) is 2. The number of carbonyl (C=O) groups excluding carboxylic acids is 1. The zero-order valence-corrected chi connectivity index (χ0v) is 40.9. The van der Waals surface area contributed by atoms with Gasteiger partial charge in [0.05, 0.1) is 36.8 Å². The second-order valence-electron chi connectivity index (χ2n) is 19.7. The summed E-state index contributed by atoms with van der Waals surface area (Å²) in [5.41, 5.74) is 11.6. The average Bonchev–Trinajstić information content (AvgIpc) is 3.85. The van der Waals surface area contributed by atoms with Gasteiger partial charge in [0, 0.05) is 37.7 Å². The maximum atomic E-state index is 13.0. The molecule has 2 aliphatic heterocycles. The molecule has 0 N–H and O–H groups in total. The summed E-state index contributed by atoms with van der Waals surface area (Å²) in [4.78, 5) is 24.1. The smallest absolute Gasteiger partial charge is 0.205 e. The molecule has 0 amide bonds. The SMILES string of the molecule is C[Si](C)(C)N=C=N[Si](C)(C)C.[C-]#[N+]c1cccc(-c2ccc3c(c2)C(=NC#N)CC2(Cc4ccccc4C2)O3)c1.[C-]#[N+]c1cccc(-c2ccc3c(c2)C(=O)CC2(Cc4ccccc4C2)O3)c1. The Morgan fingerprint density at radius 1 is 0.537 bits per heavy atom. The standard InChI is InChI=1S/C25H17N3O.C24H17NO2.C7H18N2Si2/c1-27-21-8-4-7-17(11-21)18-9-10-24-22(12-18)23(28-16-26)15-25(29-24)13-19-5-2-3-6-20(19)14-25;1-25-20-8-4-7-16(11-20)17-9-10-23-21(12-17)22(26)15-24(27-23)13-18-5-2-3-6-19(18)14-24;1-10(2,3)8-7-9-11(4,5)6/h2-12H,13-15H2;2-12H,13-15H2;1-6H3. The summed E-state index contributed by atoms with van der Waals surface area (Å²) in [6.07, 6.45) is 6.19. The number of hydrogen-bond donors (Lipinski definition) is 0. The number of ketones is 1. The van der Waals surface area contributed by atoms with Gasteiger partial charge >= 0.3 is 0 Å². The molecule has 332 valence electrons. The zero-order valence-electron chi connectivity index (χ0n) is 38.9. The average molecular weight is 913 g/mol. The molecule has 0 radical (unpaired) electrons. The van der Waals surface area contributed by atoms with Crippen LogP contribution in [0, 0.1) is 24.6 Å². The molecule has 0 unspecified atom stereocenters. The van der Waals surface area contributed by atoms with Gasteiger partial charge < -0.3 is 9.47 Å². The number of carbonyl (C=O) groups is 1. The first-order valence-corrected chi connectivity index (χ1v) is 29.4. The summed E-state index contributed by atoms with van der Waals surface area (Å²) >= 11 is 0. The van der Waals surface area contributed by atoms with Crippen LogP contribution < -0.4 is 9.47 Å². The summed E-state index contributed by atoms with van der Waals surface area (Å²) < 4.78 is 21.5. The van der Waals surface area contributed by atoms with E-state index in [2.05, 4.69) is 106 Å². The normalized spacial score (nSPS) is 16.0. The highest BCUT2D eigenvalue weighted by Crippen LogP contribution is 2.45. The Morgan fingerprint density at radius 2 is 0.955 bits per heavy atom. The Kier molecular flexibility index (Phi) is 12.9. The molecule has 2 spiro atoms. The van der Waals surface area contributed by atoms with Crippen molar-refractivity contribution in [2.45, 2.75) is 89.0 Å². The lowest BCUT2D eigenvalue weighted by molar-refractivity contribution is 0.0472. The highest BCUT2D eigenvalue weighted by Gasteiger charge is 2.46. The van der Waals surface area contributed by atoms with Crippen molar-refractivity contribution in [3.8, 4) is 39.9 Å². The molecule has 9 nitrogen and oxygen atoms in total. The third-order valence-corrected chi connectivity index (χ3v) is 13.6. The lowest BCUT2D eigenvalue weighted by Crippen LogP contribution is -2.43.